The minimum absolute atomic E-state index is 0.0764. The number of carbonyl (C=O) groups excluding carboxylic acids is 2. The van der Waals surface area contributed by atoms with E-state index in [0.29, 0.717) is 24.1 Å². The highest BCUT2D eigenvalue weighted by molar-refractivity contribution is 6.02. The Morgan fingerprint density at radius 3 is 2.65 bits per heavy atom. The van der Waals surface area contributed by atoms with E-state index in [1.165, 1.54) is 11.0 Å². The number of amidine groups is 1. The molecular formula is C13H16N4O3. The van der Waals surface area contributed by atoms with Gasteiger partial charge in [-0.15, -0.1) is 0 Å². The van der Waals surface area contributed by atoms with Crippen molar-refractivity contribution in [3.8, 4) is 0 Å². The molecule has 1 aromatic carbocycles. The molecule has 20 heavy (non-hydrogen) atoms. The number of primary amides is 1. The number of oxime groups is 1. The predicted octanol–water partition coefficient (Wildman–Crippen LogP) is -0.129. The average molecular weight is 276 g/mol. The van der Waals surface area contributed by atoms with Crippen LogP contribution in [0.3, 0.4) is 0 Å². The number of nitrogens with zero attached hydrogens (tertiary/aromatic N) is 2. The lowest BCUT2D eigenvalue weighted by Gasteiger charge is -2.22. The van der Waals surface area contributed by atoms with E-state index in [0.717, 1.165) is 6.42 Å². The highest BCUT2D eigenvalue weighted by atomic mass is 16.4. The minimum Gasteiger partial charge on any atom is -0.409 e. The first kappa shape index (κ1) is 13.9. The van der Waals surface area contributed by atoms with Crippen LogP contribution in [0.5, 0.6) is 0 Å². The van der Waals surface area contributed by atoms with Gasteiger partial charge in [-0.05, 0) is 25.0 Å². The van der Waals surface area contributed by atoms with Gasteiger partial charge in [0.15, 0.2) is 5.84 Å². The summed E-state index contributed by atoms with van der Waals surface area (Å²) in [5.74, 6) is -0.852. The third-order valence-electron chi connectivity index (χ3n) is 3.36. The van der Waals surface area contributed by atoms with Crippen LogP contribution in [0.1, 0.15) is 28.8 Å². The highest BCUT2D eigenvalue weighted by Gasteiger charge is 2.33. The van der Waals surface area contributed by atoms with Crippen molar-refractivity contribution in [2.24, 2.45) is 16.6 Å². The standard InChI is InChI=1S/C13H16N4O3/c14-11(16-20)8-3-1-4-9(7-8)13(19)17-6-2-5-10(17)12(15)18/h1,3-4,7,10,20H,2,5-6H2,(H2,14,16)(H2,15,18). The molecule has 0 bridgehead atoms. The molecule has 106 valence electrons. The van der Waals surface area contributed by atoms with E-state index >= 15 is 0 Å². The Balaban J connectivity index is 2.27. The maximum atomic E-state index is 12.4. The van der Waals surface area contributed by atoms with Crippen LogP contribution in [-0.2, 0) is 4.79 Å². The molecule has 2 amide bonds. The Labute approximate surface area is 115 Å². The lowest BCUT2D eigenvalue weighted by Crippen LogP contribution is -2.43. The van der Waals surface area contributed by atoms with Crippen LogP contribution >= 0.6 is 0 Å². The van der Waals surface area contributed by atoms with Gasteiger partial charge in [-0.25, -0.2) is 0 Å². The van der Waals surface area contributed by atoms with Crippen LogP contribution in [0.25, 0.3) is 0 Å². The maximum absolute atomic E-state index is 12.4. The quantitative estimate of drug-likeness (QED) is 0.308. The molecule has 1 fully saturated rings. The monoisotopic (exact) mass is 276 g/mol. The van der Waals surface area contributed by atoms with E-state index < -0.39 is 11.9 Å². The minimum atomic E-state index is -0.560. The second-order valence-corrected chi connectivity index (χ2v) is 4.62. The molecule has 2 rings (SSSR count). The summed E-state index contributed by atoms with van der Waals surface area (Å²) in [4.78, 5) is 25.2. The van der Waals surface area contributed by atoms with E-state index in [1.807, 2.05) is 0 Å². The van der Waals surface area contributed by atoms with Crippen molar-refractivity contribution in [1.29, 1.82) is 0 Å². The summed E-state index contributed by atoms with van der Waals surface area (Å²) in [5, 5.41) is 11.5. The van der Waals surface area contributed by atoms with E-state index in [4.69, 9.17) is 16.7 Å². The first-order valence-corrected chi connectivity index (χ1v) is 6.23. The van der Waals surface area contributed by atoms with Gasteiger partial charge in [0, 0.05) is 17.7 Å². The highest BCUT2D eigenvalue weighted by Crippen LogP contribution is 2.20. The van der Waals surface area contributed by atoms with Crippen molar-refractivity contribution in [1.82, 2.24) is 4.90 Å². The van der Waals surface area contributed by atoms with Crippen LogP contribution < -0.4 is 11.5 Å². The van der Waals surface area contributed by atoms with Crippen LogP contribution in [0, 0.1) is 0 Å². The topological polar surface area (TPSA) is 122 Å². The zero-order valence-electron chi connectivity index (χ0n) is 10.8. The predicted molar refractivity (Wildman–Crippen MR) is 72.2 cm³/mol. The average Bonchev–Trinajstić information content (AvgIpc) is 2.95. The molecule has 1 aliphatic heterocycles. The van der Waals surface area contributed by atoms with Crippen molar-refractivity contribution in [2.45, 2.75) is 18.9 Å². The lowest BCUT2D eigenvalue weighted by molar-refractivity contribution is -0.121. The molecule has 7 heteroatoms. The molecular weight excluding hydrogens is 260 g/mol. The van der Waals surface area contributed by atoms with Gasteiger partial charge in [-0.3, -0.25) is 9.59 Å². The Bertz CT molecular complexity index is 570. The SMILES string of the molecule is NC(=O)C1CCCN1C(=O)c1cccc(/C(N)=N/O)c1. The van der Waals surface area contributed by atoms with E-state index in [-0.39, 0.29) is 11.7 Å². The van der Waals surface area contributed by atoms with Gasteiger partial charge >= 0.3 is 0 Å². The van der Waals surface area contributed by atoms with Crippen molar-refractivity contribution >= 4 is 17.6 Å². The molecule has 1 atom stereocenters. The maximum Gasteiger partial charge on any atom is 0.254 e. The lowest BCUT2D eigenvalue weighted by atomic mass is 10.1. The normalized spacial score (nSPS) is 19.1. The fourth-order valence-corrected chi connectivity index (χ4v) is 2.34. The molecule has 7 nitrogen and oxygen atoms in total. The number of hydrogen-bond donors (Lipinski definition) is 3. The first-order valence-electron chi connectivity index (χ1n) is 6.23. The Hall–Kier alpha value is -2.57. The molecule has 1 heterocycles. The van der Waals surface area contributed by atoms with Crippen LogP contribution in [-0.4, -0.2) is 40.3 Å². The summed E-state index contributed by atoms with van der Waals surface area (Å²) < 4.78 is 0. The molecule has 0 saturated carbocycles. The molecule has 1 aliphatic rings. The molecule has 1 unspecified atom stereocenters. The number of carbonyl (C=O) groups is 2. The number of rotatable bonds is 3. The third-order valence-corrected chi connectivity index (χ3v) is 3.36. The Morgan fingerprint density at radius 2 is 2.00 bits per heavy atom. The van der Waals surface area contributed by atoms with Gasteiger partial charge in [-0.2, -0.15) is 0 Å². The van der Waals surface area contributed by atoms with E-state index in [9.17, 15) is 9.59 Å². The van der Waals surface area contributed by atoms with Crippen LogP contribution in [0.2, 0.25) is 0 Å². The fourth-order valence-electron chi connectivity index (χ4n) is 2.34. The van der Waals surface area contributed by atoms with Crippen molar-refractivity contribution in [2.75, 3.05) is 6.54 Å². The van der Waals surface area contributed by atoms with Gasteiger partial charge in [0.05, 0.1) is 0 Å². The number of nitrogens with two attached hydrogens (primary N) is 2. The van der Waals surface area contributed by atoms with Crippen LogP contribution in [0.15, 0.2) is 29.4 Å². The largest absolute Gasteiger partial charge is 0.409 e. The van der Waals surface area contributed by atoms with Gasteiger partial charge < -0.3 is 21.6 Å². The summed E-state index contributed by atoms with van der Waals surface area (Å²) in [6.07, 6.45) is 1.33. The second-order valence-electron chi connectivity index (χ2n) is 4.62. The molecule has 1 aromatic rings. The summed E-state index contributed by atoms with van der Waals surface area (Å²) in [6, 6.07) is 5.84. The number of likely N-dealkylation sites (tertiary alicyclic amines) is 1. The molecule has 5 N–H and O–H groups in total. The number of hydrogen-bond acceptors (Lipinski definition) is 4. The molecule has 0 spiro atoms. The fraction of sp³-hybridized carbons (Fsp3) is 0.308. The summed E-state index contributed by atoms with van der Waals surface area (Å²) in [7, 11) is 0. The molecule has 0 aromatic heterocycles. The zero-order chi connectivity index (χ0) is 14.7. The van der Waals surface area contributed by atoms with Gasteiger partial charge in [-0.1, -0.05) is 17.3 Å². The molecule has 1 saturated heterocycles. The van der Waals surface area contributed by atoms with Crippen molar-refractivity contribution in [3.05, 3.63) is 35.4 Å². The summed E-state index contributed by atoms with van der Waals surface area (Å²) in [6.45, 7) is 0.500. The van der Waals surface area contributed by atoms with E-state index in [2.05, 4.69) is 5.16 Å². The van der Waals surface area contributed by atoms with Crippen molar-refractivity contribution < 1.29 is 14.8 Å². The van der Waals surface area contributed by atoms with E-state index in [1.54, 1.807) is 18.2 Å². The van der Waals surface area contributed by atoms with Gasteiger partial charge in [0.1, 0.15) is 6.04 Å². The Morgan fingerprint density at radius 1 is 1.30 bits per heavy atom. The van der Waals surface area contributed by atoms with Gasteiger partial charge in [0.25, 0.3) is 5.91 Å². The zero-order valence-corrected chi connectivity index (χ0v) is 10.8. The first-order chi connectivity index (χ1) is 9.54. The van der Waals surface area contributed by atoms with Crippen LogP contribution in [0.4, 0.5) is 0 Å². The molecule has 0 radical (unpaired) electrons. The summed E-state index contributed by atoms with van der Waals surface area (Å²) >= 11 is 0. The third kappa shape index (κ3) is 2.56. The number of benzene rings is 1. The van der Waals surface area contributed by atoms with Crippen molar-refractivity contribution in [3.63, 3.8) is 0 Å². The smallest absolute Gasteiger partial charge is 0.254 e. The summed E-state index contributed by atoms with van der Waals surface area (Å²) in [5.41, 5.74) is 11.6. The molecule has 0 aliphatic carbocycles. The van der Waals surface area contributed by atoms with Gasteiger partial charge in [0.2, 0.25) is 5.91 Å². The number of amides is 2. The Kier molecular flexibility index (Phi) is 3.88. The second kappa shape index (κ2) is 5.60.